The Morgan fingerprint density at radius 2 is 2.00 bits per heavy atom. The second-order valence-corrected chi connectivity index (χ2v) is 5.93. The van der Waals surface area contributed by atoms with Crippen LogP contribution in [0.25, 0.3) is 0 Å². The van der Waals surface area contributed by atoms with Crippen molar-refractivity contribution < 1.29 is 22.8 Å². The van der Waals surface area contributed by atoms with Crippen LogP contribution in [0.1, 0.15) is 18.9 Å². The van der Waals surface area contributed by atoms with E-state index in [4.69, 9.17) is 0 Å². The van der Waals surface area contributed by atoms with E-state index in [0.29, 0.717) is 0 Å². The van der Waals surface area contributed by atoms with Gasteiger partial charge in [-0.25, -0.2) is 0 Å². The Kier molecular flexibility index (Phi) is 4.08. The van der Waals surface area contributed by atoms with Crippen LogP contribution in [-0.2, 0) is 15.8 Å². The number of halogens is 3. The smallest absolute Gasteiger partial charge is 0.311 e. The molecule has 2 rings (SSSR count). The minimum absolute atomic E-state index is 0.0798. The van der Waals surface area contributed by atoms with Crippen molar-refractivity contribution in [2.24, 2.45) is 0 Å². The van der Waals surface area contributed by atoms with Crippen molar-refractivity contribution in [1.29, 1.82) is 0 Å². The van der Waals surface area contributed by atoms with Gasteiger partial charge < -0.3 is 4.90 Å². The molecule has 1 amide bonds. The van der Waals surface area contributed by atoms with Crippen LogP contribution in [0.15, 0.2) is 24.3 Å². The first-order valence-electron chi connectivity index (χ1n) is 5.93. The van der Waals surface area contributed by atoms with Crippen molar-refractivity contribution in [3.05, 3.63) is 29.8 Å². The molecule has 1 saturated heterocycles. The molecule has 3 nitrogen and oxygen atoms in total. The average molecular weight is 303 g/mol. The Morgan fingerprint density at radius 1 is 1.35 bits per heavy atom. The normalized spacial score (nSPS) is 19.5. The summed E-state index contributed by atoms with van der Waals surface area (Å²) >= 11 is 0.995. The quantitative estimate of drug-likeness (QED) is 0.842. The predicted molar refractivity (Wildman–Crippen MR) is 70.5 cm³/mol. The molecule has 1 fully saturated rings. The summed E-state index contributed by atoms with van der Waals surface area (Å²) in [7, 11) is 0. The SMILES string of the molecule is CC(=O)SC1CC(=O)N(c2ccccc2C(F)(F)F)C1. The summed E-state index contributed by atoms with van der Waals surface area (Å²) in [6, 6.07) is 4.98. The van der Waals surface area contributed by atoms with Gasteiger partial charge in [-0.05, 0) is 12.1 Å². The highest BCUT2D eigenvalue weighted by Crippen LogP contribution is 2.38. The van der Waals surface area contributed by atoms with Crippen LogP contribution in [0.2, 0.25) is 0 Å². The first-order valence-corrected chi connectivity index (χ1v) is 6.81. The molecule has 0 bridgehead atoms. The molecule has 1 atom stereocenters. The number of rotatable bonds is 2. The minimum Gasteiger partial charge on any atom is -0.311 e. The molecule has 1 aliphatic heterocycles. The van der Waals surface area contributed by atoms with Crippen LogP contribution in [0.3, 0.4) is 0 Å². The van der Waals surface area contributed by atoms with Gasteiger partial charge in [-0.15, -0.1) is 0 Å². The molecule has 1 aliphatic rings. The number of thioether (sulfide) groups is 1. The number of hydrogen-bond donors (Lipinski definition) is 0. The molecule has 0 spiro atoms. The standard InChI is InChI=1S/C13H12F3NO2S/c1-8(18)20-9-6-12(19)17(7-9)11-5-3-2-4-10(11)13(14,15)16/h2-5,9H,6-7H2,1H3. The molecule has 1 aromatic carbocycles. The van der Waals surface area contributed by atoms with Gasteiger partial charge in [-0.1, -0.05) is 23.9 Å². The van der Waals surface area contributed by atoms with Crippen LogP contribution in [0.4, 0.5) is 18.9 Å². The van der Waals surface area contributed by atoms with Crippen LogP contribution >= 0.6 is 11.8 Å². The summed E-state index contributed by atoms with van der Waals surface area (Å²) in [4.78, 5) is 24.0. The number of carbonyl (C=O) groups is 2. The molecular formula is C13H12F3NO2S. The summed E-state index contributed by atoms with van der Waals surface area (Å²) in [5.74, 6) is -0.388. The van der Waals surface area contributed by atoms with E-state index >= 15 is 0 Å². The second kappa shape index (κ2) is 5.47. The molecule has 1 heterocycles. The van der Waals surface area contributed by atoms with Gasteiger partial charge in [0.1, 0.15) is 0 Å². The van der Waals surface area contributed by atoms with Crippen molar-refractivity contribution in [1.82, 2.24) is 0 Å². The van der Waals surface area contributed by atoms with Gasteiger partial charge in [0.2, 0.25) is 5.91 Å². The average Bonchev–Trinajstić information content (AvgIpc) is 2.68. The van der Waals surface area contributed by atoms with Crippen LogP contribution in [0, 0.1) is 0 Å². The Balaban J connectivity index is 2.29. The Labute approximate surface area is 118 Å². The van der Waals surface area contributed by atoms with Crippen molar-refractivity contribution in [2.45, 2.75) is 24.8 Å². The molecular weight excluding hydrogens is 291 g/mol. The third kappa shape index (κ3) is 3.15. The van der Waals surface area contributed by atoms with E-state index < -0.39 is 11.7 Å². The molecule has 0 saturated carbocycles. The summed E-state index contributed by atoms with van der Waals surface area (Å²) in [5.41, 5.74) is -0.974. The maximum Gasteiger partial charge on any atom is 0.418 e. The van der Waals surface area contributed by atoms with E-state index in [2.05, 4.69) is 0 Å². The fourth-order valence-corrected chi connectivity index (χ4v) is 3.09. The van der Waals surface area contributed by atoms with E-state index in [-0.39, 0.29) is 34.9 Å². The second-order valence-electron chi connectivity index (χ2n) is 4.45. The number of benzene rings is 1. The fourth-order valence-electron chi connectivity index (χ4n) is 2.17. The number of hydrogen-bond acceptors (Lipinski definition) is 3. The third-order valence-electron chi connectivity index (χ3n) is 2.92. The largest absolute Gasteiger partial charge is 0.418 e. The highest BCUT2D eigenvalue weighted by molar-refractivity contribution is 8.14. The lowest BCUT2D eigenvalue weighted by Gasteiger charge is -2.21. The van der Waals surface area contributed by atoms with Gasteiger partial charge in [0.15, 0.2) is 5.12 Å². The number of amides is 1. The van der Waals surface area contributed by atoms with Crippen molar-refractivity contribution in [2.75, 3.05) is 11.4 Å². The van der Waals surface area contributed by atoms with Crippen molar-refractivity contribution in [3.8, 4) is 0 Å². The lowest BCUT2D eigenvalue weighted by atomic mass is 10.1. The summed E-state index contributed by atoms with van der Waals surface area (Å²) in [6.45, 7) is 1.50. The highest BCUT2D eigenvalue weighted by Gasteiger charge is 2.39. The molecule has 0 aliphatic carbocycles. The molecule has 0 radical (unpaired) electrons. The number of alkyl halides is 3. The van der Waals surface area contributed by atoms with E-state index in [0.717, 1.165) is 22.7 Å². The van der Waals surface area contributed by atoms with Gasteiger partial charge in [0, 0.05) is 25.1 Å². The monoisotopic (exact) mass is 303 g/mol. The molecule has 0 aromatic heterocycles. The Hall–Kier alpha value is -1.50. The van der Waals surface area contributed by atoms with E-state index in [1.54, 1.807) is 0 Å². The highest BCUT2D eigenvalue weighted by atomic mass is 32.2. The minimum atomic E-state index is -4.51. The lowest BCUT2D eigenvalue weighted by molar-refractivity contribution is -0.137. The number of anilines is 1. The fraction of sp³-hybridized carbons (Fsp3) is 0.385. The zero-order valence-corrected chi connectivity index (χ0v) is 11.4. The zero-order valence-electron chi connectivity index (χ0n) is 10.6. The van der Waals surface area contributed by atoms with Crippen LogP contribution in [-0.4, -0.2) is 22.8 Å². The molecule has 1 unspecified atom stereocenters. The maximum atomic E-state index is 12.9. The van der Waals surface area contributed by atoms with Gasteiger partial charge in [-0.3, -0.25) is 9.59 Å². The Bertz CT molecular complexity index is 545. The Morgan fingerprint density at radius 3 is 2.60 bits per heavy atom. The third-order valence-corrected chi connectivity index (χ3v) is 3.90. The van der Waals surface area contributed by atoms with Crippen LogP contribution in [0.5, 0.6) is 0 Å². The molecule has 20 heavy (non-hydrogen) atoms. The maximum absolute atomic E-state index is 12.9. The topological polar surface area (TPSA) is 37.4 Å². The van der Waals surface area contributed by atoms with Crippen molar-refractivity contribution >= 4 is 28.5 Å². The number of para-hydroxylation sites is 1. The van der Waals surface area contributed by atoms with Gasteiger partial charge in [-0.2, -0.15) is 13.2 Å². The van der Waals surface area contributed by atoms with Gasteiger partial charge in [0.25, 0.3) is 0 Å². The molecule has 0 N–H and O–H groups in total. The van der Waals surface area contributed by atoms with Crippen LogP contribution < -0.4 is 4.90 Å². The van der Waals surface area contributed by atoms with Gasteiger partial charge >= 0.3 is 6.18 Å². The number of nitrogens with zero attached hydrogens (tertiary/aromatic N) is 1. The first kappa shape index (κ1) is 14.9. The molecule has 108 valence electrons. The van der Waals surface area contributed by atoms with Crippen molar-refractivity contribution in [3.63, 3.8) is 0 Å². The van der Waals surface area contributed by atoms with E-state index in [1.165, 1.54) is 25.1 Å². The summed E-state index contributed by atoms with van der Waals surface area (Å²) in [5, 5.41) is -0.435. The van der Waals surface area contributed by atoms with Gasteiger partial charge in [0.05, 0.1) is 11.3 Å². The van der Waals surface area contributed by atoms with E-state index in [1.807, 2.05) is 0 Å². The molecule has 1 aromatic rings. The summed E-state index contributed by atoms with van der Waals surface area (Å²) < 4.78 is 38.8. The molecule has 7 heteroatoms. The lowest BCUT2D eigenvalue weighted by Crippen LogP contribution is -2.27. The first-order chi connectivity index (χ1) is 9.29. The predicted octanol–water partition coefficient (Wildman–Crippen LogP) is 3.09. The van der Waals surface area contributed by atoms with E-state index in [9.17, 15) is 22.8 Å². The zero-order chi connectivity index (χ0) is 14.9. The summed E-state index contributed by atoms with van der Waals surface area (Å²) in [6.07, 6.45) is -4.43. The number of carbonyl (C=O) groups excluding carboxylic acids is 2.